The molecule has 6 nitrogen and oxygen atoms in total. The first-order valence-corrected chi connectivity index (χ1v) is 5.05. The summed E-state index contributed by atoms with van der Waals surface area (Å²) in [5.74, 6) is -0.244. The van der Waals surface area contributed by atoms with Crippen molar-refractivity contribution in [3.05, 3.63) is 34.2 Å². The van der Waals surface area contributed by atoms with Crippen molar-refractivity contribution in [2.24, 2.45) is 0 Å². The number of hydrogen-bond acceptors (Lipinski definition) is 6. The van der Waals surface area contributed by atoms with Crippen LogP contribution in [0.3, 0.4) is 0 Å². The van der Waals surface area contributed by atoms with Gasteiger partial charge in [0.25, 0.3) is 0 Å². The monoisotopic (exact) mass is 250 g/mol. The largest absolute Gasteiger partial charge is 0.513 e. The van der Waals surface area contributed by atoms with E-state index >= 15 is 0 Å². The van der Waals surface area contributed by atoms with Crippen molar-refractivity contribution in [1.29, 1.82) is 0 Å². The molecule has 0 bridgehead atoms. The number of methoxy groups -OCH3 is 1. The minimum Gasteiger partial charge on any atom is -0.508 e. The second kappa shape index (κ2) is 4.40. The Balaban J connectivity index is 2.65. The van der Waals surface area contributed by atoms with Crippen molar-refractivity contribution < 1.29 is 23.8 Å². The summed E-state index contributed by atoms with van der Waals surface area (Å²) in [7, 11) is 1.14. The number of aryl methyl sites for hydroxylation is 1. The van der Waals surface area contributed by atoms with E-state index in [1.807, 2.05) is 0 Å². The summed E-state index contributed by atoms with van der Waals surface area (Å²) >= 11 is 0. The normalized spacial score (nSPS) is 10.3. The molecule has 2 rings (SSSR count). The quantitative estimate of drug-likeness (QED) is 0.615. The van der Waals surface area contributed by atoms with Crippen LogP contribution in [0.25, 0.3) is 11.0 Å². The van der Waals surface area contributed by atoms with Crippen molar-refractivity contribution in [1.82, 2.24) is 0 Å². The Morgan fingerprint density at radius 2 is 2.11 bits per heavy atom. The van der Waals surface area contributed by atoms with Gasteiger partial charge in [0.1, 0.15) is 11.3 Å². The van der Waals surface area contributed by atoms with E-state index < -0.39 is 11.8 Å². The Bertz CT molecular complexity index is 670. The van der Waals surface area contributed by atoms with Gasteiger partial charge in [-0.05, 0) is 19.1 Å². The highest BCUT2D eigenvalue weighted by atomic mass is 16.7. The molecule has 2 aromatic rings. The van der Waals surface area contributed by atoms with Crippen LogP contribution in [0.5, 0.6) is 11.5 Å². The average molecular weight is 250 g/mol. The van der Waals surface area contributed by atoms with Crippen molar-refractivity contribution >= 4 is 17.1 Å². The number of rotatable bonds is 1. The van der Waals surface area contributed by atoms with Crippen molar-refractivity contribution in [3.8, 4) is 11.5 Å². The summed E-state index contributed by atoms with van der Waals surface area (Å²) in [6.45, 7) is 1.61. The fourth-order valence-electron chi connectivity index (χ4n) is 1.57. The molecule has 1 aromatic carbocycles. The Morgan fingerprint density at radius 3 is 2.78 bits per heavy atom. The molecule has 0 amide bonds. The highest BCUT2D eigenvalue weighted by molar-refractivity contribution is 5.83. The minimum atomic E-state index is -0.997. The van der Waals surface area contributed by atoms with Crippen LogP contribution in [-0.2, 0) is 4.74 Å². The van der Waals surface area contributed by atoms with Gasteiger partial charge in [0.2, 0.25) is 5.75 Å². The van der Waals surface area contributed by atoms with Gasteiger partial charge in [0.05, 0.1) is 7.11 Å². The summed E-state index contributed by atoms with van der Waals surface area (Å²) < 4.78 is 14.0. The van der Waals surface area contributed by atoms with E-state index in [1.54, 1.807) is 13.0 Å². The lowest BCUT2D eigenvalue weighted by molar-refractivity contribution is 0.119. The van der Waals surface area contributed by atoms with Crippen LogP contribution < -0.4 is 10.4 Å². The van der Waals surface area contributed by atoms with Crippen LogP contribution in [0.2, 0.25) is 0 Å². The molecule has 0 atom stereocenters. The minimum absolute atomic E-state index is 0.0216. The Labute approximate surface area is 101 Å². The van der Waals surface area contributed by atoms with E-state index in [0.29, 0.717) is 10.9 Å². The van der Waals surface area contributed by atoms with Gasteiger partial charge in [-0.1, -0.05) is 0 Å². The first kappa shape index (κ1) is 12.0. The predicted octanol–water partition coefficient (Wildman–Crippen LogP) is 1.95. The molecule has 0 saturated heterocycles. The molecule has 18 heavy (non-hydrogen) atoms. The van der Waals surface area contributed by atoms with Crippen LogP contribution >= 0.6 is 0 Å². The molecule has 1 N–H and O–H groups in total. The van der Waals surface area contributed by atoms with Gasteiger partial charge in [-0.15, -0.1) is 0 Å². The van der Waals surface area contributed by atoms with Gasteiger partial charge in [-0.3, -0.25) is 0 Å². The van der Waals surface area contributed by atoms with Gasteiger partial charge in [0, 0.05) is 17.0 Å². The summed E-state index contributed by atoms with van der Waals surface area (Å²) in [5, 5.41) is 9.86. The lowest BCUT2D eigenvalue weighted by Gasteiger charge is -2.07. The van der Waals surface area contributed by atoms with Crippen LogP contribution in [0.15, 0.2) is 27.4 Å². The highest BCUT2D eigenvalue weighted by Crippen LogP contribution is 2.26. The van der Waals surface area contributed by atoms with Crippen molar-refractivity contribution in [2.45, 2.75) is 6.92 Å². The fraction of sp³-hybridized carbons (Fsp3) is 0.167. The zero-order valence-corrected chi connectivity index (χ0v) is 9.72. The first-order valence-electron chi connectivity index (χ1n) is 5.05. The molecule has 0 aliphatic rings. The maximum atomic E-state index is 11.6. The number of carbonyl (C=O) groups is 1. The molecule has 0 spiro atoms. The lowest BCUT2D eigenvalue weighted by Crippen LogP contribution is -2.15. The third-order valence-corrected chi connectivity index (χ3v) is 2.45. The summed E-state index contributed by atoms with van der Waals surface area (Å²) in [6, 6.07) is 4.32. The number of carbonyl (C=O) groups excluding carboxylic acids is 1. The number of benzene rings is 1. The molecule has 0 saturated carbocycles. The molecule has 0 unspecified atom stereocenters. The first-order chi connectivity index (χ1) is 8.52. The Morgan fingerprint density at radius 1 is 1.39 bits per heavy atom. The third kappa shape index (κ3) is 2.00. The molecule has 0 aliphatic carbocycles. The number of fused-ring (bicyclic) bond motifs is 1. The standard InChI is InChI=1S/C12H10O6/c1-6-8-4-3-7(13)5-9(8)17-11(14)10(6)18-12(15)16-2/h3-5,13H,1-2H3. The SMILES string of the molecule is COC(=O)Oc1c(C)c2ccc(O)cc2oc1=O. The Kier molecular flexibility index (Phi) is 2.93. The van der Waals surface area contributed by atoms with Gasteiger partial charge >= 0.3 is 11.8 Å². The number of ether oxygens (including phenoxy) is 2. The van der Waals surface area contributed by atoms with E-state index in [1.165, 1.54) is 12.1 Å². The van der Waals surface area contributed by atoms with Gasteiger partial charge in [-0.2, -0.15) is 0 Å². The van der Waals surface area contributed by atoms with Crippen molar-refractivity contribution in [2.75, 3.05) is 7.11 Å². The second-order valence-corrected chi connectivity index (χ2v) is 3.58. The number of phenolic OH excluding ortho intramolecular Hbond substituents is 1. The molecule has 1 aromatic heterocycles. The summed E-state index contributed by atoms with van der Waals surface area (Å²) in [4.78, 5) is 22.6. The summed E-state index contributed by atoms with van der Waals surface area (Å²) in [6.07, 6.45) is -0.997. The van der Waals surface area contributed by atoms with E-state index in [4.69, 9.17) is 9.15 Å². The zero-order valence-electron chi connectivity index (χ0n) is 9.72. The molecular weight excluding hydrogens is 240 g/mol. The van der Waals surface area contributed by atoms with E-state index in [-0.39, 0.29) is 17.1 Å². The van der Waals surface area contributed by atoms with Crippen LogP contribution in [0.4, 0.5) is 4.79 Å². The molecule has 0 aliphatic heterocycles. The second-order valence-electron chi connectivity index (χ2n) is 3.58. The summed E-state index contributed by atoms with van der Waals surface area (Å²) in [5.41, 5.74) is -0.155. The molecule has 6 heteroatoms. The van der Waals surface area contributed by atoms with E-state index in [2.05, 4.69) is 4.74 Å². The van der Waals surface area contributed by atoms with Crippen molar-refractivity contribution in [3.63, 3.8) is 0 Å². The number of phenols is 1. The maximum absolute atomic E-state index is 11.6. The van der Waals surface area contributed by atoms with Gasteiger partial charge in [0.15, 0.2) is 0 Å². The molecule has 1 heterocycles. The lowest BCUT2D eigenvalue weighted by atomic mass is 10.1. The van der Waals surface area contributed by atoms with Crippen LogP contribution in [-0.4, -0.2) is 18.4 Å². The van der Waals surface area contributed by atoms with E-state index in [9.17, 15) is 14.7 Å². The van der Waals surface area contributed by atoms with Gasteiger partial charge in [-0.25, -0.2) is 9.59 Å². The third-order valence-electron chi connectivity index (χ3n) is 2.45. The highest BCUT2D eigenvalue weighted by Gasteiger charge is 2.16. The van der Waals surface area contributed by atoms with Crippen LogP contribution in [0, 0.1) is 6.92 Å². The van der Waals surface area contributed by atoms with Crippen LogP contribution in [0.1, 0.15) is 5.56 Å². The maximum Gasteiger partial charge on any atom is 0.513 e. The Hall–Kier alpha value is -2.50. The number of hydrogen-bond donors (Lipinski definition) is 1. The molecule has 0 radical (unpaired) electrons. The zero-order chi connectivity index (χ0) is 13.3. The molecule has 0 fully saturated rings. The molecule has 94 valence electrons. The smallest absolute Gasteiger partial charge is 0.508 e. The van der Waals surface area contributed by atoms with Gasteiger partial charge < -0.3 is 19.0 Å². The average Bonchev–Trinajstić information content (AvgIpc) is 2.33. The topological polar surface area (TPSA) is 86.0 Å². The molecular formula is C12H10O6. The predicted molar refractivity (Wildman–Crippen MR) is 61.9 cm³/mol. The fourth-order valence-corrected chi connectivity index (χ4v) is 1.57. The van der Waals surface area contributed by atoms with E-state index in [0.717, 1.165) is 7.11 Å². The number of aromatic hydroxyl groups is 1.